The molecule has 0 unspecified atom stereocenters. The van der Waals surface area contributed by atoms with E-state index in [0.29, 0.717) is 24.7 Å². The summed E-state index contributed by atoms with van der Waals surface area (Å²) in [5.41, 5.74) is 3.17. The molecule has 6 rings (SSSR count). The SMILES string of the molecule is CC(C)(C)OC(=O)N1CCC[C@H]1c1nc(-c2ccc(C#Cc3ccc4nc([C@@H]5CCCN5C(=O)OC(C)(C)C)[nH]c4c3)cc2)n[nH]1.S.S. The zero-order valence-electron chi connectivity index (χ0n) is 28.3. The summed E-state index contributed by atoms with van der Waals surface area (Å²) >= 11 is 0. The summed E-state index contributed by atoms with van der Waals surface area (Å²) in [6, 6.07) is 13.3. The predicted molar refractivity (Wildman–Crippen MR) is 194 cm³/mol. The topological polar surface area (TPSA) is 129 Å². The molecule has 2 fully saturated rings. The van der Waals surface area contributed by atoms with Crippen LogP contribution < -0.4 is 0 Å². The van der Waals surface area contributed by atoms with Gasteiger partial charge in [-0.15, -0.1) is 0 Å². The Kier molecular flexibility index (Phi) is 11.1. The van der Waals surface area contributed by atoms with Gasteiger partial charge < -0.3 is 14.5 Å². The average Bonchev–Trinajstić information content (AvgIpc) is 3.79. The molecule has 2 N–H and O–H groups in total. The molecule has 256 valence electrons. The number of imidazole rings is 1. The maximum atomic E-state index is 12.8. The minimum atomic E-state index is -0.557. The van der Waals surface area contributed by atoms with Gasteiger partial charge in [-0.05, 0) is 110 Å². The van der Waals surface area contributed by atoms with Gasteiger partial charge in [0, 0.05) is 29.8 Å². The largest absolute Gasteiger partial charge is 0.444 e. The second kappa shape index (κ2) is 14.5. The number of carbonyl (C=O) groups is 2. The Balaban J connectivity index is 0.00000260. The molecular weight excluding hydrogens is 647 g/mol. The summed E-state index contributed by atoms with van der Waals surface area (Å²) < 4.78 is 11.2. The summed E-state index contributed by atoms with van der Waals surface area (Å²) in [6.07, 6.45) is 2.79. The van der Waals surface area contributed by atoms with Crippen LogP contribution in [0.5, 0.6) is 0 Å². The van der Waals surface area contributed by atoms with Crippen molar-refractivity contribution < 1.29 is 19.1 Å². The third-order valence-corrected chi connectivity index (χ3v) is 7.89. The molecule has 4 heterocycles. The van der Waals surface area contributed by atoms with Crippen molar-refractivity contribution >= 4 is 50.2 Å². The number of aromatic nitrogens is 5. The van der Waals surface area contributed by atoms with Gasteiger partial charge in [0.15, 0.2) is 5.82 Å². The molecule has 2 aliphatic rings. The fourth-order valence-electron chi connectivity index (χ4n) is 5.84. The van der Waals surface area contributed by atoms with Crippen LogP contribution in [0.3, 0.4) is 0 Å². The number of hydrogen-bond donors (Lipinski definition) is 2. The monoisotopic (exact) mass is 691 g/mol. The van der Waals surface area contributed by atoms with Gasteiger partial charge in [-0.3, -0.25) is 14.9 Å². The van der Waals surface area contributed by atoms with Crippen LogP contribution in [0.25, 0.3) is 22.4 Å². The average molecular weight is 692 g/mol. The maximum absolute atomic E-state index is 12.8. The highest BCUT2D eigenvalue weighted by atomic mass is 32.1. The molecule has 0 spiro atoms. The molecule has 0 saturated carbocycles. The van der Waals surface area contributed by atoms with E-state index in [4.69, 9.17) is 19.4 Å². The number of benzene rings is 2. The second-order valence-electron chi connectivity index (χ2n) is 13.9. The summed E-state index contributed by atoms with van der Waals surface area (Å²) in [5.74, 6) is 8.47. The van der Waals surface area contributed by atoms with Crippen LogP contribution >= 0.6 is 27.0 Å². The summed E-state index contributed by atoms with van der Waals surface area (Å²) in [6.45, 7) is 12.5. The number of carbonyl (C=O) groups excluding carboxylic acids is 2. The van der Waals surface area contributed by atoms with E-state index in [1.807, 2.05) is 84.0 Å². The van der Waals surface area contributed by atoms with Crippen molar-refractivity contribution in [2.45, 2.75) is 90.5 Å². The molecule has 2 atom stereocenters. The summed E-state index contributed by atoms with van der Waals surface area (Å²) in [4.78, 5) is 41.9. The van der Waals surface area contributed by atoms with Crippen molar-refractivity contribution in [2.24, 2.45) is 0 Å². The third-order valence-electron chi connectivity index (χ3n) is 7.89. The number of ether oxygens (including phenoxy) is 2. The molecule has 2 amide bonds. The van der Waals surface area contributed by atoms with Gasteiger partial charge in [-0.1, -0.05) is 11.8 Å². The van der Waals surface area contributed by atoms with E-state index < -0.39 is 11.2 Å². The van der Waals surface area contributed by atoms with Gasteiger partial charge in [0.05, 0.1) is 23.1 Å². The molecule has 48 heavy (non-hydrogen) atoms. The minimum Gasteiger partial charge on any atom is -0.444 e. The molecule has 2 aliphatic heterocycles. The number of aromatic amines is 2. The Bertz CT molecular complexity index is 1810. The van der Waals surface area contributed by atoms with Crippen molar-refractivity contribution in [3.63, 3.8) is 0 Å². The van der Waals surface area contributed by atoms with E-state index in [0.717, 1.165) is 59.2 Å². The van der Waals surface area contributed by atoms with Crippen molar-refractivity contribution in [3.8, 4) is 23.2 Å². The number of likely N-dealkylation sites (tertiary alicyclic amines) is 2. The van der Waals surface area contributed by atoms with Gasteiger partial charge in [0.1, 0.15) is 22.9 Å². The lowest BCUT2D eigenvalue weighted by molar-refractivity contribution is 0.0208. The van der Waals surface area contributed by atoms with Crippen LogP contribution in [0.15, 0.2) is 42.5 Å². The van der Waals surface area contributed by atoms with E-state index in [2.05, 4.69) is 27.0 Å². The normalized spacial score (nSPS) is 17.7. The quantitative estimate of drug-likeness (QED) is 0.219. The van der Waals surface area contributed by atoms with E-state index >= 15 is 0 Å². The van der Waals surface area contributed by atoms with Crippen LogP contribution in [0.1, 0.15) is 102 Å². The molecule has 11 nitrogen and oxygen atoms in total. The Morgan fingerprint density at radius 3 is 1.90 bits per heavy atom. The Morgan fingerprint density at radius 2 is 1.31 bits per heavy atom. The first-order valence-corrected chi connectivity index (χ1v) is 15.9. The standard InChI is InChI=1S/C35H41N7O4.2H2S/c1-34(2,3)45-32(43)41-19-7-9-27(41)30-36-25-18-15-23(21-26(25)37-30)12-11-22-13-16-24(17-14-22)29-38-31(40-39-29)28-10-8-20-42(28)33(44)46-35(4,5)6;;/h13-18,21,27-28H,7-10,19-20H2,1-6H3,(H,36,37)(H,38,39,40);2*1H2/t27-,28-;;/m0../s1. The Morgan fingerprint density at radius 1 is 0.771 bits per heavy atom. The molecule has 13 heteroatoms. The van der Waals surface area contributed by atoms with E-state index in [9.17, 15) is 9.59 Å². The highest BCUT2D eigenvalue weighted by molar-refractivity contribution is 7.59. The first kappa shape index (κ1) is 36.7. The molecule has 4 aromatic rings. The summed E-state index contributed by atoms with van der Waals surface area (Å²) in [5, 5.41) is 7.46. The van der Waals surface area contributed by atoms with Gasteiger partial charge in [-0.25, -0.2) is 19.6 Å². The fourth-order valence-corrected chi connectivity index (χ4v) is 5.84. The van der Waals surface area contributed by atoms with Gasteiger partial charge >= 0.3 is 12.2 Å². The number of rotatable bonds is 3. The Hall–Kier alpha value is -4.15. The number of hydrogen-bond acceptors (Lipinski definition) is 7. The lowest BCUT2D eigenvalue weighted by atomic mass is 10.1. The lowest BCUT2D eigenvalue weighted by Crippen LogP contribution is -2.36. The number of nitrogens with zero attached hydrogens (tertiary/aromatic N) is 5. The van der Waals surface area contributed by atoms with Crippen LogP contribution in [0, 0.1) is 11.8 Å². The van der Waals surface area contributed by atoms with Crippen molar-refractivity contribution in [3.05, 3.63) is 65.2 Å². The van der Waals surface area contributed by atoms with Gasteiger partial charge in [0.2, 0.25) is 0 Å². The van der Waals surface area contributed by atoms with Crippen LogP contribution in [-0.4, -0.2) is 71.4 Å². The first-order chi connectivity index (χ1) is 21.8. The molecular formula is C35H45N7O4S2. The fraction of sp³-hybridized carbons (Fsp3) is 0.457. The van der Waals surface area contributed by atoms with Crippen LogP contribution in [0.4, 0.5) is 9.59 Å². The molecule has 0 bridgehead atoms. The van der Waals surface area contributed by atoms with Crippen LogP contribution in [-0.2, 0) is 9.47 Å². The minimum absolute atomic E-state index is 0. The van der Waals surface area contributed by atoms with Crippen molar-refractivity contribution in [1.82, 2.24) is 34.9 Å². The predicted octanol–water partition coefficient (Wildman–Crippen LogP) is 7.12. The van der Waals surface area contributed by atoms with Crippen molar-refractivity contribution in [2.75, 3.05) is 13.1 Å². The van der Waals surface area contributed by atoms with Gasteiger partial charge in [0.25, 0.3) is 0 Å². The van der Waals surface area contributed by atoms with Gasteiger partial charge in [-0.2, -0.15) is 32.1 Å². The molecule has 0 aliphatic carbocycles. The van der Waals surface area contributed by atoms with E-state index in [-0.39, 0.29) is 51.3 Å². The lowest BCUT2D eigenvalue weighted by Gasteiger charge is -2.27. The van der Waals surface area contributed by atoms with Crippen molar-refractivity contribution in [1.29, 1.82) is 0 Å². The smallest absolute Gasteiger partial charge is 0.410 e. The van der Waals surface area contributed by atoms with E-state index in [1.54, 1.807) is 9.80 Å². The van der Waals surface area contributed by atoms with Crippen LogP contribution in [0.2, 0.25) is 0 Å². The molecule has 2 aromatic heterocycles. The number of amides is 2. The number of fused-ring (bicyclic) bond motifs is 1. The zero-order chi connectivity index (χ0) is 32.6. The summed E-state index contributed by atoms with van der Waals surface area (Å²) in [7, 11) is 0. The highest BCUT2D eigenvalue weighted by Crippen LogP contribution is 2.34. The number of H-pyrrole nitrogens is 2. The Labute approximate surface area is 295 Å². The maximum Gasteiger partial charge on any atom is 0.410 e. The first-order valence-electron chi connectivity index (χ1n) is 15.9. The zero-order valence-corrected chi connectivity index (χ0v) is 30.3. The third kappa shape index (κ3) is 8.46. The molecule has 2 saturated heterocycles. The molecule has 0 radical (unpaired) electrons. The highest BCUT2D eigenvalue weighted by Gasteiger charge is 2.36. The number of nitrogens with one attached hydrogen (secondary N) is 2. The molecule has 2 aromatic carbocycles. The van der Waals surface area contributed by atoms with E-state index in [1.165, 1.54) is 0 Å². The second-order valence-corrected chi connectivity index (χ2v) is 13.9.